The first-order chi connectivity index (χ1) is 28.8. The van der Waals surface area contributed by atoms with Crippen LogP contribution in [0.15, 0.2) is 30.3 Å². The van der Waals surface area contributed by atoms with E-state index in [1.165, 1.54) is 0 Å². The van der Waals surface area contributed by atoms with Crippen LogP contribution in [0.5, 0.6) is 0 Å². The van der Waals surface area contributed by atoms with Crippen molar-refractivity contribution in [3.05, 3.63) is 35.9 Å². The molecule has 1 aromatic carbocycles. The molecule has 1 heterocycles. The largest absolute Gasteiger partial charge is 0.461 e. The van der Waals surface area contributed by atoms with E-state index in [2.05, 4.69) is 10.6 Å². The van der Waals surface area contributed by atoms with Crippen molar-refractivity contribution in [2.45, 2.75) is 45.1 Å². The molecule has 20 nitrogen and oxygen atoms in total. The molecule has 1 fully saturated rings. The maximum Gasteiger partial charge on any atom is 0.335 e. The Morgan fingerprint density at radius 2 is 0.814 bits per heavy atom. The highest BCUT2D eigenvalue weighted by molar-refractivity contribution is 6.01. The third-order valence-electron chi connectivity index (χ3n) is 7.66. The van der Waals surface area contributed by atoms with Crippen LogP contribution in [0.3, 0.4) is 0 Å². The number of ether oxygens (including phenoxy) is 10. The molecule has 0 radical (unpaired) electrons. The van der Waals surface area contributed by atoms with Gasteiger partial charge in [0, 0.05) is 38.8 Å². The summed E-state index contributed by atoms with van der Waals surface area (Å²) in [5.41, 5.74) is 0.936. The van der Waals surface area contributed by atoms with Gasteiger partial charge in [-0.2, -0.15) is 0 Å². The number of hydrogen-bond acceptors (Lipinski definition) is 17. The van der Waals surface area contributed by atoms with E-state index in [0.29, 0.717) is 97.4 Å². The predicted molar refractivity (Wildman–Crippen MR) is 205 cm³/mol. The Hall–Kier alpha value is -4.12. The van der Waals surface area contributed by atoms with Gasteiger partial charge in [-0.15, -0.1) is 5.06 Å². The van der Waals surface area contributed by atoms with E-state index in [-0.39, 0.29) is 103 Å². The van der Waals surface area contributed by atoms with Crippen molar-refractivity contribution in [1.29, 1.82) is 0 Å². The molecule has 4 amide bonds. The van der Waals surface area contributed by atoms with Crippen LogP contribution in [0.4, 0.5) is 0 Å². The number of imide groups is 1. The fourth-order valence-electron chi connectivity index (χ4n) is 4.58. The Kier molecular flexibility index (Phi) is 31.0. The zero-order valence-corrected chi connectivity index (χ0v) is 33.9. The Balaban J connectivity index is 1.20. The number of esters is 1. The lowest BCUT2D eigenvalue weighted by Gasteiger charge is -2.12. The molecule has 0 spiro atoms. The molecule has 334 valence electrons. The third kappa shape index (κ3) is 29.7. The van der Waals surface area contributed by atoms with Gasteiger partial charge in [0.15, 0.2) is 0 Å². The molecule has 20 heteroatoms. The van der Waals surface area contributed by atoms with Crippen molar-refractivity contribution in [3.63, 3.8) is 0 Å². The number of rotatable bonds is 39. The number of carbonyl (C=O) groups is 6. The summed E-state index contributed by atoms with van der Waals surface area (Å²) in [6.07, 6.45) is 0.581. The first-order valence-electron chi connectivity index (χ1n) is 19.8. The summed E-state index contributed by atoms with van der Waals surface area (Å²) in [5, 5.41) is 6.00. The predicted octanol–water partition coefficient (Wildman–Crippen LogP) is 0.279. The maximum atomic E-state index is 11.9. The summed E-state index contributed by atoms with van der Waals surface area (Å²) in [4.78, 5) is 74.8. The van der Waals surface area contributed by atoms with E-state index < -0.39 is 17.8 Å². The quantitative estimate of drug-likeness (QED) is 0.0515. The minimum absolute atomic E-state index is 0.0405. The van der Waals surface area contributed by atoms with Crippen molar-refractivity contribution >= 4 is 35.6 Å². The number of nitrogens with zero attached hydrogens (tertiary/aromatic N) is 1. The molecule has 0 atom stereocenters. The van der Waals surface area contributed by atoms with Gasteiger partial charge < -0.3 is 62.8 Å². The lowest BCUT2D eigenvalue weighted by molar-refractivity contribution is -0.198. The molecule has 1 aliphatic heterocycles. The van der Waals surface area contributed by atoms with Crippen LogP contribution >= 0.6 is 0 Å². The van der Waals surface area contributed by atoms with Gasteiger partial charge in [-0.25, -0.2) is 4.79 Å². The molecule has 59 heavy (non-hydrogen) atoms. The molecule has 0 saturated carbocycles. The zero-order chi connectivity index (χ0) is 42.4. The average molecular weight is 844 g/mol. The molecular weight excluding hydrogens is 782 g/mol. The van der Waals surface area contributed by atoms with E-state index in [9.17, 15) is 28.8 Å². The second-order valence-electron chi connectivity index (χ2n) is 12.4. The molecule has 2 N–H and O–H groups in total. The van der Waals surface area contributed by atoms with E-state index in [4.69, 9.17) is 52.2 Å². The van der Waals surface area contributed by atoms with Crippen LogP contribution < -0.4 is 10.6 Å². The van der Waals surface area contributed by atoms with Crippen molar-refractivity contribution in [3.8, 4) is 0 Å². The highest BCUT2D eigenvalue weighted by Gasteiger charge is 2.32. The monoisotopic (exact) mass is 843 g/mol. The van der Waals surface area contributed by atoms with E-state index in [1.54, 1.807) is 0 Å². The molecule has 0 bridgehead atoms. The molecular formula is C39H61N3O17. The summed E-state index contributed by atoms with van der Waals surface area (Å²) < 4.78 is 53.7. The van der Waals surface area contributed by atoms with Gasteiger partial charge in [-0.3, -0.25) is 24.0 Å². The minimum atomic E-state index is -0.724. The topological polar surface area (TPSA) is 231 Å². The Bertz CT molecular complexity index is 1290. The van der Waals surface area contributed by atoms with Gasteiger partial charge >= 0.3 is 11.9 Å². The SMILES string of the molecule is O=C(CCOCCOCCOCCC(=O)NCCOCCOCCOCCC(=O)ON1C(=O)CCC1=O)NCCOCCOCCOCCC(=O)OCc1ccccc1. The summed E-state index contributed by atoms with van der Waals surface area (Å²) >= 11 is 0. The van der Waals surface area contributed by atoms with E-state index in [0.717, 1.165) is 5.56 Å². The van der Waals surface area contributed by atoms with Crippen molar-refractivity contribution in [2.75, 3.05) is 132 Å². The second kappa shape index (κ2) is 35.8. The smallest absolute Gasteiger partial charge is 0.335 e. The Morgan fingerprint density at radius 3 is 1.24 bits per heavy atom. The molecule has 1 saturated heterocycles. The average Bonchev–Trinajstić information content (AvgIpc) is 3.55. The number of hydroxylamine groups is 2. The van der Waals surface area contributed by atoms with Gasteiger partial charge in [0.1, 0.15) is 6.61 Å². The summed E-state index contributed by atoms with van der Waals surface area (Å²) in [6, 6.07) is 9.47. The minimum Gasteiger partial charge on any atom is -0.461 e. The Labute approximate surface area is 345 Å². The molecule has 1 aromatic rings. The van der Waals surface area contributed by atoms with Gasteiger partial charge in [-0.05, 0) is 5.56 Å². The van der Waals surface area contributed by atoms with E-state index >= 15 is 0 Å². The van der Waals surface area contributed by atoms with Crippen LogP contribution in [-0.2, 0) is 87.6 Å². The number of nitrogens with one attached hydrogen (secondary N) is 2. The second-order valence-corrected chi connectivity index (χ2v) is 12.4. The van der Waals surface area contributed by atoms with Crippen molar-refractivity contribution in [2.24, 2.45) is 0 Å². The summed E-state index contributed by atoms with van der Waals surface area (Å²) in [5.74, 6) is -2.39. The van der Waals surface area contributed by atoms with Crippen molar-refractivity contribution < 1.29 is 81.0 Å². The fourth-order valence-corrected chi connectivity index (χ4v) is 4.58. The molecule has 2 rings (SSSR count). The van der Waals surface area contributed by atoms with E-state index in [1.807, 2.05) is 30.3 Å². The number of carbonyl (C=O) groups excluding carboxylic acids is 6. The lowest BCUT2D eigenvalue weighted by Crippen LogP contribution is -2.32. The normalized spacial score (nSPS) is 12.5. The van der Waals surface area contributed by atoms with Gasteiger partial charge in [0.2, 0.25) is 11.8 Å². The van der Waals surface area contributed by atoms with Crippen LogP contribution in [0.25, 0.3) is 0 Å². The lowest BCUT2D eigenvalue weighted by atomic mass is 10.2. The molecule has 0 aromatic heterocycles. The summed E-state index contributed by atoms with van der Waals surface area (Å²) in [6.45, 7) is 6.55. The number of hydrogen-bond donors (Lipinski definition) is 2. The molecule has 0 aliphatic carbocycles. The van der Waals surface area contributed by atoms with Crippen LogP contribution in [0.2, 0.25) is 0 Å². The highest BCUT2D eigenvalue weighted by atomic mass is 16.7. The zero-order valence-electron chi connectivity index (χ0n) is 33.9. The standard InChI is InChI=1S/C39H61N3O17/c43-34(40-12-18-53-24-30-56-28-22-51-16-10-38(47)58-32-33-4-2-1-3-5-33)8-14-49-20-26-55-27-21-50-15-9-35(44)41-13-19-54-25-31-57-29-23-52-17-11-39(48)59-42-36(45)6-7-37(42)46/h1-5H,6-32H2,(H,40,43)(H,41,44). The first kappa shape index (κ1) is 51.0. The number of benzene rings is 1. The first-order valence-corrected chi connectivity index (χ1v) is 19.8. The van der Waals surface area contributed by atoms with Gasteiger partial charge in [0.25, 0.3) is 11.8 Å². The molecule has 0 unspecified atom stereocenters. The Morgan fingerprint density at radius 1 is 0.458 bits per heavy atom. The third-order valence-corrected chi connectivity index (χ3v) is 7.66. The van der Waals surface area contributed by atoms with Gasteiger partial charge in [0.05, 0.1) is 132 Å². The van der Waals surface area contributed by atoms with Gasteiger partial charge in [-0.1, -0.05) is 30.3 Å². The fraction of sp³-hybridized carbons (Fsp3) is 0.692. The van der Waals surface area contributed by atoms with Crippen molar-refractivity contribution in [1.82, 2.24) is 15.7 Å². The van der Waals surface area contributed by atoms with Crippen LogP contribution in [0.1, 0.15) is 44.1 Å². The summed E-state index contributed by atoms with van der Waals surface area (Å²) in [7, 11) is 0. The molecule has 1 aliphatic rings. The van der Waals surface area contributed by atoms with Crippen LogP contribution in [0, 0.1) is 0 Å². The van der Waals surface area contributed by atoms with Crippen LogP contribution in [-0.4, -0.2) is 173 Å². The highest BCUT2D eigenvalue weighted by Crippen LogP contribution is 2.12. The maximum absolute atomic E-state index is 11.9. The number of amides is 4.